The number of fused-ring (bicyclic) bond motifs is 2. The Balaban J connectivity index is 2.04. The lowest BCUT2D eigenvalue weighted by atomic mass is 10.0. The molecule has 0 saturated heterocycles. The molecule has 0 amide bonds. The van der Waals surface area contributed by atoms with Crippen molar-refractivity contribution in [3.05, 3.63) is 83.0 Å². The van der Waals surface area contributed by atoms with Crippen molar-refractivity contribution in [1.82, 2.24) is 4.98 Å². The molecule has 1 aliphatic rings. The number of halogens is 1. The van der Waals surface area contributed by atoms with Crippen molar-refractivity contribution >= 4 is 34.5 Å². The first kappa shape index (κ1) is 13.0. The zero-order chi connectivity index (χ0) is 14.9. The monoisotopic (exact) mass is 305 g/mol. The fraction of sp³-hybridized carbons (Fsp3) is 0. The van der Waals surface area contributed by atoms with Crippen LogP contribution in [-0.4, -0.2) is 10.7 Å². The number of rotatable bonds is 1. The van der Waals surface area contributed by atoms with E-state index in [1.807, 2.05) is 60.7 Å². The van der Waals surface area contributed by atoms with E-state index in [1.165, 1.54) is 0 Å². The number of aromatic nitrogens is 1. The van der Waals surface area contributed by atoms with Gasteiger partial charge in [0.15, 0.2) is 5.82 Å². The fourth-order valence-corrected chi connectivity index (χ4v) is 2.83. The van der Waals surface area contributed by atoms with Crippen molar-refractivity contribution in [3.63, 3.8) is 0 Å². The van der Waals surface area contributed by atoms with E-state index in [2.05, 4.69) is 10.3 Å². The predicted octanol–water partition coefficient (Wildman–Crippen LogP) is 4.96. The minimum absolute atomic E-state index is 0.667. The quantitative estimate of drug-likeness (QED) is 0.539. The molecule has 4 rings (SSSR count). The van der Waals surface area contributed by atoms with Crippen LogP contribution < -0.4 is 5.32 Å². The number of pyridine rings is 1. The Labute approximate surface area is 133 Å². The summed E-state index contributed by atoms with van der Waals surface area (Å²) in [4.78, 5) is 9.19. The van der Waals surface area contributed by atoms with E-state index >= 15 is 0 Å². The maximum Gasteiger partial charge on any atom is 0.156 e. The van der Waals surface area contributed by atoms with Gasteiger partial charge in [0.2, 0.25) is 0 Å². The average Bonchev–Trinajstić information content (AvgIpc) is 2.73. The summed E-state index contributed by atoms with van der Waals surface area (Å²) in [7, 11) is 0. The molecule has 22 heavy (non-hydrogen) atoms. The van der Waals surface area contributed by atoms with Crippen molar-refractivity contribution in [2.75, 3.05) is 5.32 Å². The molecule has 1 aliphatic heterocycles. The molecular weight excluding hydrogens is 294 g/mol. The van der Waals surface area contributed by atoms with E-state index in [-0.39, 0.29) is 0 Å². The Kier molecular flexibility index (Phi) is 3.13. The molecule has 0 fully saturated rings. The van der Waals surface area contributed by atoms with Crippen LogP contribution in [0.4, 0.5) is 17.2 Å². The summed E-state index contributed by atoms with van der Waals surface area (Å²) in [5.41, 5.74) is 4.48. The summed E-state index contributed by atoms with van der Waals surface area (Å²) >= 11 is 6.46. The van der Waals surface area contributed by atoms with Gasteiger partial charge in [0.1, 0.15) is 5.69 Å². The second-order valence-electron chi connectivity index (χ2n) is 4.98. The first-order valence-electron chi connectivity index (χ1n) is 6.98. The van der Waals surface area contributed by atoms with Crippen LogP contribution in [0.25, 0.3) is 0 Å². The van der Waals surface area contributed by atoms with Gasteiger partial charge in [-0.05, 0) is 24.3 Å². The lowest BCUT2D eigenvalue weighted by Gasteiger charge is -2.12. The fourth-order valence-electron chi connectivity index (χ4n) is 2.56. The van der Waals surface area contributed by atoms with E-state index in [0.717, 1.165) is 34.0 Å². The van der Waals surface area contributed by atoms with E-state index < -0.39 is 0 Å². The molecule has 0 bridgehead atoms. The Morgan fingerprint density at radius 3 is 2.59 bits per heavy atom. The number of hydrogen-bond acceptors (Lipinski definition) is 3. The molecule has 3 nitrogen and oxygen atoms in total. The third-order valence-corrected chi connectivity index (χ3v) is 3.88. The van der Waals surface area contributed by atoms with Crippen molar-refractivity contribution in [1.29, 1.82) is 0 Å². The summed E-state index contributed by atoms with van der Waals surface area (Å²) in [6.07, 6.45) is 1.75. The highest BCUT2D eigenvalue weighted by molar-refractivity contribution is 6.37. The van der Waals surface area contributed by atoms with Crippen LogP contribution in [0.15, 0.2) is 71.9 Å². The summed E-state index contributed by atoms with van der Waals surface area (Å²) in [5.74, 6) is 0.733. The Morgan fingerprint density at radius 1 is 0.864 bits per heavy atom. The van der Waals surface area contributed by atoms with Gasteiger partial charge in [-0.2, -0.15) is 0 Å². The van der Waals surface area contributed by atoms with Crippen molar-refractivity contribution < 1.29 is 0 Å². The summed E-state index contributed by atoms with van der Waals surface area (Å²) in [6.45, 7) is 0. The van der Waals surface area contributed by atoms with Gasteiger partial charge in [-0.15, -0.1) is 0 Å². The molecule has 0 spiro atoms. The molecule has 2 aromatic carbocycles. The molecule has 0 unspecified atom stereocenters. The summed E-state index contributed by atoms with van der Waals surface area (Å²) < 4.78 is 0. The smallest absolute Gasteiger partial charge is 0.156 e. The Morgan fingerprint density at radius 2 is 1.73 bits per heavy atom. The lowest BCUT2D eigenvalue weighted by molar-refractivity contribution is 1.30. The maximum absolute atomic E-state index is 6.46. The number of nitrogens with zero attached hydrogens (tertiary/aromatic N) is 2. The highest BCUT2D eigenvalue weighted by Gasteiger charge is 2.20. The second-order valence-corrected chi connectivity index (χ2v) is 5.39. The molecule has 1 aromatic heterocycles. The number of nitrogens with one attached hydrogen (secondary N) is 1. The topological polar surface area (TPSA) is 37.3 Å². The average molecular weight is 306 g/mol. The zero-order valence-corrected chi connectivity index (χ0v) is 12.4. The van der Waals surface area contributed by atoms with Crippen LogP contribution in [0.3, 0.4) is 0 Å². The molecule has 3 aromatic rings. The molecule has 106 valence electrons. The molecule has 4 heteroatoms. The molecule has 0 saturated carbocycles. The molecule has 2 heterocycles. The largest absolute Gasteiger partial charge is 0.338 e. The standard InChI is InChI=1S/C18H12ClN3/c19-13-8-4-9-14-16(13)17(12-6-2-1-3-7-12)21-15-10-5-11-20-18(15)22-14/h1-11H,(H,20,22). The van der Waals surface area contributed by atoms with Gasteiger partial charge >= 0.3 is 0 Å². The van der Waals surface area contributed by atoms with E-state index in [9.17, 15) is 0 Å². The first-order chi connectivity index (χ1) is 10.8. The van der Waals surface area contributed by atoms with Crippen LogP contribution in [0.5, 0.6) is 0 Å². The van der Waals surface area contributed by atoms with Gasteiger partial charge in [-0.25, -0.2) is 9.98 Å². The van der Waals surface area contributed by atoms with Gasteiger partial charge in [-0.3, -0.25) is 0 Å². The summed E-state index contributed by atoms with van der Waals surface area (Å²) in [5, 5.41) is 4.00. The van der Waals surface area contributed by atoms with Gasteiger partial charge < -0.3 is 5.32 Å². The van der Waals surface area contributed by atoms with Gasteiger partial charge in [0.05, 0.1) is 16.4 Å². The van der Waals surface area contributed by atoms with Gasteiger partial charge in [-0.1, -0.05) is 48.0 Å². The van der Waals surface area contributed by atoms with Gasteiger partial charge in [0, 0.05) is 17.3 Å². The summed E-state index contributed by atoms with van der Waals surface area (Å²) in [6, 6.07) is 19.7. The van der Waals surface area contributed by atoms with E-state index in [0.29, 0.717) is 5.02 Å². The molecule has 0 atom stereocenters. The highest BCUT2D eigenvalue weighted by atomic mass is 35.5. The number of anilines is 2. The van der Waals surface area contributed by atoms with Crippen LogP contribution in [0.1, 0.15) is 11.1 Å². The van der Waals surface area contributed by atoms with Crippen molar-refractivity contribution in [3.8, 4) is 0 Å². The number of aliphatic imine (C=N–C) groups is 1. The number of benzene rings is 2. The third kappa shape index (κ3) is 2.16. The van der Waals surface area contributed by atoms with Crippen molar-refractivity contribution in [2.24, 2.45) is 4.99 Å². The van der Waals surface area contributed by atoms with E-state index in [4.69, 9.17) is 16.6 Å². The number of hydrogen-bond donors (Lipinski definition) is 1. The van der Waals surface area contributed by atoms with Gasteiger partial charge in [0.25, 0.3) is 0 Å². The van der Waals surface area contributed by atoms with Crippen LogP contribution in [-0.2, 0) is 0 Å². The molecule has 0 radical (unpaired) electrons. The van der Waals surface area contributed by atoms with Crippen molar-refractivity contribution in [2.45, 2.75) is 0 Å². The predicted molar refractivity (Wildman–Crippen MR) is 90.7 cm³/mol. The lowest BCUT2D eigenvalue weighted by Crippen LogP contribution is -2.05. The normalized spacial score (nSPS) is 12.5. The van der Waals surface area contributed by atoms with Crippen LogP contribution in [0.2, 0.25) is 5.02 Å². The highest BCUT2D eigenvalue weighted by Crippen LogP contribution is 2.36. The van der Waals surface area contributed by atoms with E-state index in [1.54, 1.807) is 6.20 Å². The zero-order valence-electron chi connectivity index (χ0n) is 11.6. The Bertz CT molecular complexity index is 873. The van der Waals surface area contributed by atoms with Crippen LogP contribution in [0, 0.1) is 0 Å². The second kappa shape index (κ2) is 5.28. The molecule has 1 N–H and O–H groups in total. The maximum atomic E-state index is 6.46. The first-order valence-corrected chi connectivity index (χ1v) is 7.36. The third-order valence-electron chi connectivity index (χ3n) is 3.57. The minimum atomic E-state index is 0.667. The van der Waals surface area contributed by atoms with Crippen LogP contribution >= 0.6 is 11.6 Å². The molecular formula is C18H12ClN3. The Hall–Kier alpha value is -2.65. The SMILES string of the molecule is Clc1cccc2c1C(c1ccccc1)=Nc1cccnc1N2. The molecule has 0 aliphatic carbocycles. The minimum Gasteiger partial charge on any atom is -0.338 e.